The molecule has 1 heterocycles. The standard InChI is InChI=1S/C20H15N3O2/c21-13-15-8-10-16(11-9-15)14-25-20-18(7-4-12-22-20)23-19(24)17-5-2-1-3-6-17/h1-12H,14H2,(H,23,24). The number of hydrogen-bond acceptors (Lipinski definition) is 4. The first-order valence-electron chi connectivity index (χ1n) is 7.69. The highest BCUT2D eigenvalue weighted by Crippen LogP contribution is 2.22. The number of pyridine rings is 1. The molecule has 3 aromatic rings. The van der Waals surface area contributed by atoms with Crippen LogP contribution in [-0.4, -0.2) is 10.9 Å². The predicted molar refractivity (Wildman–Crippen MR) is 94.1 cm³/mol. The van der Waals surface area contributed by atoms with Crippen molar-refractivity contribution in [2.75, 3.05) is 5.32 Å². The van der Waals surface area contributed by atoms with E-state index in [4.69, 9.17) is 10.00 Å². The molecule has 0 atom stereocenters. The fourth-order valence-electron chi connectivity index (χ4n) is 2.21. The Labute approximate surface area is 145 Å². The lowest BCUT2D eigenvalue weighted by Gasteiger charge is -2.11. The summed E-state index contributed by atoms with van der Waals surface area (Å²) >= 11 is 0. The predicted octanol–water partition coefficient (Wildman–Crippen LogP) is 3.78. The van der Waals surface area contributed by atoms with Crippen molar-refractivity contribution in [1.82, 2.24) is 4.98 Å². The molecule has 0 unspecified atom stereocenters. The van der Waals surface area contributed by atoms with Gasteiger partial charge in [0.1, 0.15) is 12.3 Å². The van der Waals surface area contributed by atoms with Crippen LogP contribution in [0.15, 0.2) is 72.9 Å². The van der Waals surface area contributed by atoms with Gasteiger partial charge in [-0.15, -0.1) is 0 Å². The number of nitrogens with zero attached hydrogens (tertiary/aromatic N) is 2. The number of aromatic nitrogens is 1. The van der Waals surface area contributed by atoms with Crippen LogP contribution in [0, 0.1) is 11.3 Å². The van der Waals surface area contributed by atoms with Crippen molar-refractivity contribution in [3.8, 4) is 11.9 Å². The smallest absolute Gasteiger partial charge is 0.255 e. The molecule has 0 radical (unpaired) electrons. The molecule has 122 valence electrons. The second-order valence-electron chi connectivity index (χ2n) is 5.27. The van der Waals surface area contributed by atoms with Crippen molar-refractivity contribution in [3.63, 3.8) is 0 Å². The number of hydrogen-bond donors (Lipinski definition) is 1. The van der Waals surface area contributed by atoms with Gasteiger partial charge in [0.2, 0.25) is 5.88 Å². The van der Waals surface area contributed by atoms with Gasteiger partial charge in [-0.3, -0.25) is 4.79 Å². The fourth-order valence-corrected chi connectivity index (χ4v) is 2.21. The van der Waals surface area contributed by atoms with Gasteiger partial charge in [-0.2, -0.15) is 5.26 Å². The molecule has 0 spiro atoms. The van der Waals surface area contributed by atoms with E-state index < -0.39 is 0 Å². The topological polar surface area (TPSA) is 75.0 Å². The molecule has 0 fully saturated rings. The Morgan fingerprint density at radius 2 is 1.80 bits per heavy atom. The quantitative estimate of drug-likeness (QED) is 0.773. The van der Waals surface area contributed by atoms with Gasteiger partial charge < -0.3 is 10.1 Å². The highest BCUT2D eigenvalue weighted by molar-refractivity contribution is 6.04. The van der Waals surface area contributed by atoms with E-state index in [2.05, 4.69) is 16.4 Å². The van der Waals surface area contributed by atoms with Crippen LogP contribution in [-0.2, 0) is 6.61 Å². The number of ether oxygens (including phenoxy) is 1. The molecule has 5 nitrogen and oxygen atoms in total. The van der Waals surface area contributed by atoms with Gasteiger partial charge in [-0.05, 0) is 42.0 Å². The van der Waals surface area contributed by atoms with Crippen LogP contribution >= 0.6 is 0 Å². The number of rotatable bonds is 5. The molecule has 0 saturated heterocycles. The molecule has 0 aliphatic carbocycles. The number of nitrogens with one attached hydrogen (secondary N) is 1. The van der Waals surface area contributed by atoms with E-state index in [0.717, 1.165) is 5.56 Å². The normalized spacial score (nSPS) is 9.88. The van der Waals surface area contributed by atoms with Gasteiger partial charge in [-0.25, -0.2) is 4.98 Å². The molecule has 0 bridgehead atoms. The summed E-state index contributed by atoms with van der Waals surface area (Å²) in [4.78, 5) is 16.5. The van der Waals surface area contributed by atoms with E-state index in [-0.39, 0.29) is 12.5 Å². The first kappa shape index (κ1) is 16.2. The van der Waals surface area contributed by atoms with Gasteiger partial charge in [0, 0.05) is 11.8 Å². The number of carbonyl (C=O) groups is 1. The maximum Gasteiger partial charge on any atom is 0.255 e. The average molecular weight is 329 g/mol. The number of benzene rings is 2. The summed E-state index contributed by atoms with van der Waals surface area (Å²) in [6, 6.07) is 21.6. The van der Waals surface area contributed by atoms with Crippen molar-refractivity contribution in [1.29, 1.82) is 5.26 Å². The summed E-state index contributed by atoms with van der Waals surface area (Å²) in [5, 5.41) is 11.6. The third-order valence-electron chi connectivity index (χ3n) is 3.51. The molecule has 2 aromatic carbocycles. The molecule has 5 heteroatoms. The third kappa shape index (κ3) is 4.21. The van der Waals surface area contributed by atoms with Crippen molar-refractivity contribution in [3.05, 3.63) is 89.6 Å². The minimum Gasteiger partial charge on any atom is -0.471 e. The summed E-state index contributed by atoms with van der Waals surface area (Å²) in [7, 11) is 0. The van der Waals surface area contributed by atoms with Gasteiger partial charge in [0.25, 0.3) is 5.91 Å². The zero-order valence-corrected chi connectivity index (χ0v) is 13.3. The zero-order valence-electron chi connectivity index (χ0n) is 13.3. The van der Waals surface area contributed by atoms with E-state index in [1.54, 1.807) is 54.7 Å². The monoisotopic (exact) mass is 329 g/mol. The molecule has 3 rings (SSSR count). The van der Waals surface area contributed by atoms with Crippen LogP contribution in [0.1, 0.15) is 21.5 Å². The molecule has 1 aromatic heterocycles. The van der Waals surface area contributed by atoms with Crippen LogP contribution in [0.25, 0.3) is 0 Å². The average Bonchev–Trinajstić information content (AvgIpc) is 2.68. The lowest BCUT2D eigenvalue weighted by atomic mass is 10.2. The second kappa shape index (κ2) is 7.75. The summed E-state index contributed by atoms with van der Waals surface area (Å²) in [5.41, 5.74) is 2.57. The van der Waals surface area contributed by atoms with Gasteiger partial charge in [0.15, 0.2) is 0 Å². The van der Waals surface area contributed by atoms with Crippen LogP contribution in [0.5, 0.6) is 5.88 Å². The van der Waals surface area contributed by atoms with Crippen molar-refractivity contribution >= 4 is 11.6 Å². The minimum atomic E-state index is -0.225. The van der Waals surface area contributed by atoms with Crippen molar-refractivity contribution in [2.24, 2.45) is 0 Å². The van der Waals surface area contributed by atoms with Crippen LogP contribution in [0.4, 0.5) is 5.69 Å². The van der Waals surface area contributed by atoms with Crippen molar-refractivity contribution < 1.29 is 9.53 Å². The first-order chi connectivity index (χ1) is 12.3. The SMILES string of the molecule is N#Cc1ccc(COc2ncccc2NC(=O)c2ccccc2)cc1. The molecule has 0 saturated carbocycles. The van der Waals surface area contributed by atoms with E-state index in [9.17, 15) is 4.79 Å². The summed E-state index contributed by atoms with van der Waals surface area (Å²) < 4.78 is 5.72. The van der Waals surface area contributed by atoms with Crippen LogP contribution < -0.4 is 10.1 Å². The number of carbonyl (C=O) groups excluding carboxylic acids is 1. The Morgan fingerprint density at radius 3 is 2.52 bits per heavy atom. The molecule has 0 aliphatic rings. The van der Waals surface area contributed by atoms with E-state index in [1.165, 1.54) is 0 Å². The molecular weight excluding hydrogens is 314 g/mol. The Bertz CT molecular complexity index is 900. The lowest BCUT2D eigenvalue weighted by Crippen LogP contribution is -2.13. The molecular formula is C20H15N3O2. The van der Waals surface area contributed by atoms with E-state index in [0.29, 0.717) is 22.7 Å². The Balaban J connectivity index is 1.70. The minimum absolute atomic E-state index is 0.225. The highest BCUT2D eigenvalue weighted by Gasteiger charge is 2.10. The zero-order chi connectivity index (χ0) is 17.5. The summed E-state index contributed by atoms with van der Waals surface area (Å²) in [5.74, 6) is 0.118. The van der Waals surface area contributed by atoms with Crippen molar-refractivity contribution in [2.45, 2.75) is 6.61 Å². The summed E-state index contributed by atoms with van der Waals surface area (Å²) in [6.07, 6.45) is 1.60. The van der Waals surface area contributed by atoms with E-state index in [1.807, 2.05) is 18.2 Å². The number of anilines is 1. The van der Waals surface area contributed by atoms with Gasteiger partial charge in [0.05, 0.1) is 11.6 Å². The van der Waals surface area contributed by atoms with Gasteiger partial charge in [-0.1, -0.05) is 30.3 Å². The first-order valence-corrected chi connectivity index (χ1v) is 7.69. The molecule has 1 N–H and O–H groups in total. The molecule has 0 aliphatic heterocycles. The van der Waals surface area contributed by atoms with Crippen LogP contribution in [0.2, 0.25) is 0 Å². The maximum absolute atomic E-state index is 12.3. The van der Waals surface area contributed by atoms with Crippen LogP contribution in [0.3, 0.4) is 0 Å². The second-order valence-corrected chi connectivity index (χ2v) is 5.27. The Kier molecular flexibility index (Phi) is 5.03. The Morgan fingerprint density at radius 1 is 1.04 bits per heavy atom. The van der Waals surface area contributed by atoms with Gasteiger partial charge >= 0.3 is 0 Å². The summed E-state index contributed by atoms with van der Waals surface area (Å²) in [6.45, 7) is 0.289. The van der Waals surface area contributed by atoms with E-state index >= 15 is 0 Å². The molecule has 25 heavy (non-hydrogen) atoms. The Hall–Kier alpha value is -3.65. The lowest BCUT2D eigenvalue weighted by molar-refractivity contribution is 0.102. The molecule has 1 amide bonds. The number of nitriles is 1. The number of amides is 1. The highest BCUT2D eigenvalue weighted by atomic mass is 16.5. The third-order valence-corrected chi connectivity index (χ3v) is 3.51. The fraction of sp³-hybridized carbons (Fsp3) is 0.0500. The maximum atomic E-state index is 12.3. The largest absolute Gasteiger partial charge is 0.471 e.